The van der Waals surface area contributed by atoms with Gasteiger partial charge in [0, 0.05) is 18.6 Å². The molecule has 2 atom stereocenters. The monoisotopic (exact) mass is 253 g/mol. The lowest BCUT2D eigenvalue weighted by Crippen LogP contribution is -2.48. The van der Waals surface area contributed by atoms with E-state index < -0.39 is 0 Å². The maximum Gasteiger partial charge on any atom is 0.252 e. The SMILES string of the molecule is CC(C)(C)C(=O)[C@@H]1CCCN1C(=O)[C@H]1CCCO1. The molecule has 102 valence electrons. The summed E-state index contributed by atoms with van der Waals surface area (Å²) < 4.78 is 5.44. The summed E-state index contributed by atoms with van der Waals surface area (Å²) in [5.74, 6) is 0.193. The highest BCUT2D eigenvalue weighted by molar-refractivity contribution is 5.93. The summed E-state index contributed by atoms with van der Waals surface area (Å²) in [5.41, 5.74) is -0.385. The molecule has 2 aliphatic rings. The molecule has 4 nitrogen and oxygen atoms in total. The zero-order valence-corrected chi connectivity index (χ0v) is 11.6. The minimum absolute atomic E-state index is 0.0209. The largest absolute Gasteiger partial charge is 0.368 e. The molecule has 18 heavy (non-hydrogen) atoms. The summed E-state index contributed by atoms with van der Waals surface area (Å²) in [7, 11) is 0. The van der Waals surface area contributed by atoms with Crippen LogP contribution in [0, 0.1) is 5.41 Å². The van der Waals surface area contributed by atoms with E-state index >= 15 is 0 Å². The van der Waals surface area contributed by atoms with Gasteiger partial charge >= 0.3 is 0 Å². The van der Waals surface area contributed by atoms with Gasteiger partial charge in [-0.15, -0.1) is 0 Å². The van der Waals surface area contributed by atoms with Gasteiger partial charge in [-0.05, 0) is 25.7 Å². The normalized spacial score (nSPS) is 28.7. The molecule has 0 bridgehead atoms. The van der Waals surface area contributed by atoms with Crippen molar-refractivity contribution in [3.05, 3.63) is 0 Å². The summed E-state index contributed by atoms with van der Waals surface area (Å²) in [6.45, 7) is 7.13. The van der Waals surface area contributed by atoms with Crippen molar-refractivity contribution in [3.8, 4) is 0 Å². The van der Waals surface area contributed by atoms with E-state index in [1.54, 1.807) is 4.90 Å². The van der Waals surface area contributed by atoms with Crippen LogP contribution in [0.15, 0.2) is 0 Å². The zero-order valence-electron chi connectivity index (χ0n) is 11.6. The van der Waals surface area contributed by atoms with Crippen LogP contribution >= 0.6 is 0 Å². The Morgan fingerprint density at radius 2 is 1.89 bits per heavy atom. The van der Waals surface area contributed by atoms with Crippen LogP contribution in [-0.2, 0) is 14.3 Å². The van der Waals surface area contributed by atoms with Crippen LogP contribution in [0.3, 0.4) is 0 Å². The number of amides is 1. The second kappa shape index (κ2) is 5.00. The van der Waals surface area contributed by atoms with E-state index in [9.17, 15) is 9.59 Å². The van der Waals surface area contributed by atoms with Crippen molar-refractivity contribution in [1.82, 2.24) is 4.90 Å². The fraction of sp³-hybridized carbons (Fsp3) is 0.857. The maximum atomic E-state index is 12.4. The van der Waals surface area contributed by atoms with Gasteiger partial charge in [-0.3, -0.25) is 9.59 Å². The molecule has 1 amide bonds. The Morgan fingerprint density at radius 3 is 2.44 bits per heavy atom. The molecule has 0 N–H and O–H groups in total. The lowest BCUT2D eigenvalue weighted by Gasteiger charge is -2.30. The molecule has 2 heterocycles. The summed E-state index contributed by atoms with van der Waals surface area (Å²) >= 11 is 0. The first-order valence-electron chi connectivity index (χ1n) is 6.87. The zero-order chi connectivity index (χ0) is 13.3. The van der Waals surface area contributed by atoms with E-state index in [2.05, 4.69) is 0 Å². The first-order valence-corrected chi connectivity index (χ1v) is 6.87. The molecule has 0 aromatic carbocycles. The van der Waals surface area contributed by atoms with Crippen molar-refractivity contribution in [1.29, 1.82) is 0 Å². The highest BCUT2D eigenvalue weighted by Crippen LogP contribution is 2.28. The van der Waals surface area contributed by atoms with Crippen molar-refractivity contribution in [2.75, 3.05) is 13.2 Å². The number of rotatable bonds is 2. The topological polar surface area (TPSA) is 46.6 Å². The van der Waals surface area contributed by atoms with E-state index in [0.717, 1.165) is 25.7 Å². The first kappa shape index (κ1) is 13.5. The molecule has 0 unspecified atom stereocenters. The third-order valence-electron chi connectivity index (χ3n) is 3.78. The van der Waals surface area contributed by atoms with Crippen molar-refractivity contribution in [3.63, 3.8) is 0 Å². The minimum atomic E-state index is -0.385. The quantitative estimate of drug-likeness (QED) is 0.753. The Balaban J connectivity index is 2.07. The number of hydrogen-bond donors (Lipinski definition) is 0. The lowest BCUT2D eigenvalue weighted by atomic mass is 9.85. The van der Waals surface area contributed by atoms with Crippen LogP contribution in [0.2, 0.25) is 0 Å². The minimum Gasteiger partial charge on any atom is -0.368 e. The van der Waals surface area contributed by atoms with Gasteiger partial charge in [0.05, 0.1) is 6.04 Å². The van der Waals surface area contributed by atoms with Crippen molar-refractivity contribution in [2.45, 2.75) is 58.6 Å². The molecule has 0 aromatic heterocycles. The van der Waals surface area contributed by atoms with Crippen molar-refractivity contribution < 1.29 is 14.3 Å². The molecule has 4 heteroatoms. The Labute approximate surface area is 109 Å². The Kier molecular flexibility index (Phi) is 3.76. The molecule has 0 saturated carbocycles. The van der Waals surface area contributed by atoms with Crippen molar-refractivity contribution in [2.24, 2.45) is 5.41 Å². The molecule has 2 saturated heterocycles. The van der Waals surface area contributed by atoms with Gasteiger partial charge < -0.3 is 9.64 Å². The molecule has 0 aromatic rings. The fourth-order valence-corrected chi connectivity index (χ4v) is 2.76. The van der Waals surface area contributed by atoms with E-state index in [1.165, 1.54) is 0 Å². The number of Topliss-reactive ketones (excluding diaryl/α,β-unsaturated/α-hetero) is 1. The van der Waals surface area contributed by atoms with Gasteiger partial charge in [-0.1, -0.05) is 20.8 Å². The number of ether oxygens (including phenoxy) is 1. The summed E-state index contributed by atoms with van der Waals surface area (Å²) in [6.07, 6.45) is 3.16. The van der Waals surface area contributed by atoms with E-state index in [4.69, 9.17) is 4.74 Å². The molecule has 0 radical (unpaired) electrons. The van der Waals surface area contributed by atoms with Gasteiger partial charge in [0.15, 0.2) is 5.78 Å². The predicted molar refractivity (Wildman–Crippen MR) is 68.2 cm³/mol. The average molecular weight is 253 g/mol. The molecule has 2 fully saturated rings. The van der Waals surface area contributed by atoms with Gasteiger partial charge in [-0.25, -0.2) is 0 Å². The van der Waals surface area contributed by atoms with E-state index in [-0.39, 0.29) is 29.3 Å². The van der Waals surface area contributed by atoms with Gasteiger partial charge in [0.25, 0.3) is 5.91 Å². The average Bonchev–Trinajstić information content (AvgIpc) is 2.97. The van der Waals surface area contributed by atoms with Crippen LogP contribution in [0.4, 0.5) is 0 Å². The molecule has 0 aliphatic carbocycles. The smallest absolute Gasteiger partial charge is 0.252 e. The maximum absolute atomic E-state index is 12.4. The van der Waals surface area contributed by atoms with Gasteiger partial charge in [-0.2, -0.15) is 0 Å². The second-order valence-corrected chi connectivity index (χ2v) is 6.31. The molecule has 0 spiro atoms. The summed E-state index contributed by atoms with van der Waals surface area (Å²) in [4.78, 5) is 26.5. The molecule has 2 aliphatic heterocycles. The number of hydrogen-bond acceptors (Lipinski definition) is 3. The molecular weight excluding hydrogens is 230 g/mol. The summed E-state index contributed by atoms with van der Waals surface area (Å²) in [6, 6.07) is -0.235. The number of ketones is 1. The van der Waals surface area contributed by atoms with E-state index in [1.807, 2.05) is 20.8 Å². The van der Waals surface area contributed by atoms with E-state index in [0.29, 0.717) is 13.2 Å². The van der Waals surface area contributed by atoms with Gasteiger partial charge in [0.2, 0.25) is 0 Å². The van der Waals surface area contributed by atoms with Gasteiger partial charge in [0.1, 0.15) is 6.10 Å². The highest BCUT2D eigenvalue weighted by atomic mass is 16.5. The van der Waals surface area contributed by atoms with Crippen LogP contribution < -0.4 is 0 Å². The molecular formula is C14H23NO3. The Hall–Kier alpha value is -0.900. The number of nitrogens with zero attached hydrogens (tertiary/aromatic N) is 1. The first-order chi connectivity index (χ1) is 8.41. The number of carbonyl (C=O) groups is 2. The lowest BCUT2D eigenvalue weighted by molar-refractivity contribution is -0.147. The Morgan fingerprint density at radius 1 is 1.17 bits per heavy atom. The Bertz CT molecular complexity index is 339. The van der Waals surface area contributed by atoms with Crippen LogP contribution in [0.25, 0.3) is 0 Å². The van der Waals surface area contributed by atoms with Crippen LogP contribution in [-0.4, -0.2) is 41.9 Å². The third kappa shape index (κ3) is 2.58. The fourth-order valence-electron chi connectivity index (χ4n) is 2.76. The highest BCUT2D eigenvalue weighted by Gasteiger charge is 2.41. The standard InChI is InChI=1S/C14H23NO3/c1-14(2,3)12(16)10-6-4-8-15(10)13(17)11-7-5-9-18-11/h10-11H,4-9H2,1-3H3/t10-,11+/m0/s1. The van der Waals surface area contributed by atoms with Crippen LogP contribution in [0.5, 0.6) is 0 Å². The number of likely N-dealkylation sites (tertiary alicyclic amines) is 1. The third-order valence-corrected chi connectivity index (χ3v) is 3.78. The number of carbonyl (C=O) groups excluding carboxylic acids is 2. The predicted octanol–water partition coefficient (Wildman–Crippen LogP) is 1.77. The summed E-state index contributed by atoms with van der Waals surface area (Å²) in [5, 5.41) is 0. The molecule has 2 rings (SSSR count). The van der Waals surface area contributed by atoms with Crippen molar-refractivity contribution >= 4 is 11.7 Å². The van der Waals surface area contributed by atoms with Crippen LogP contribution in [0.1, 0.15) is 46.5 Å². The second-order valence-electron chi connectivity index (χ2n) is 6.31.